The van der Waals surface area contributed by atoms with Crippen molar-refractivity contribution in [2.24, 2.45) is 17.3 Å². The van der Waals surface area contributed by atoms with Gasteiger partial charge in [-0.15, -0.1) is 0 Å². The molecule has 4 unspecified atom stereocenters. The summed E-state index contributed by atoms with van der Waals surface area (Å²) < 4.78 is 5.38. The molecule has 0 radical (unpaired) electrons. The third-order valence-corrected chi connectivity index (χ3v) is 7.22. The average Bonchev–Trinajstić information content (AvgIpc) is 2.73. The van der Waals surface area contributed by atoms with Gasteiger partial charge in [0, 0.05) is 0 Å². The Morgan fingerprint density at radius 1 is 1.22 bits per heavy atom. The van der Waals surface area contributed by atoms with Crippen molar-refractivity contribution in [1.29, 1.82) is 0 Å². The molecular formula is C20H28O3. The van der Waals surface area contributed by atoms with E-state index in [0.717, 1.165) is 37.9 Å². The zero-order chi connectivity index (χ0) is 16.4. The fraction of sp³-hybridized carbons (Fsp3) is 0.700. The number of aliphatic hydroxyl groups is 2. The Bertz CT molecular complexity index is 623. The van der Waals surface area contributed by atoms with Crippen molar-refractivity contribution in [2.45, 2.75) is 63.6 Å². The number of methoxy groups -OCH3 is 1. The van der Waals surface area contributed by atoms with Gasteiger partial charge in [-0.2, -0.15) is 0 Å². The minimum atomic E-state index is -0.936. The minimum Gasteiger partial charge on any atom is -0.497 e. The second-order valence-corrected chi connectivity index (χ2v) is 8.49. The van der Waals surface area contributed by atoms with Gasteiger partial charge in [-0.25, -0.2) is 0 Å². The summed E-state index contributed by atoms with van der Waals surface area (Å²) in [6.07, 6.45) is 4.49. The van der Waals surface area contributed by atoms with Gasteiger partial charge in [0.05, 0.1) is 18.8 Å². The molecule has 0 aliphatic heterocycles. The number of rotatable bonds is 1. The SMILES string of the molecule is COc1ccc2c(c1)CCC1C2CCC2(C)C1C[C@](C)(O)[C@@H]2O. The van der Waals surface area contributed by atoms with Gasteiger partial charge in [0.1, 0.15) is 5.75 Å². The van der Waals surface area contributed by atoms with Crippen LogP contribution in [0.3, 0.4) is 0 Å². The van der Waals surface area contributed by atoms with Crippen molar-refractivity contribution in [2.75, 3.05) is 7.11 Å². The number of fused-ring (bicyclic) bond motifs is 5. The van der Waals surface area contributed by atoms with E-state index in [1.165, 1.54) is 11.1 Å². The monoisotopic (exact) mass is 316 g/mol. The molecule has 126 valence electrons. The first-order valence-electron chi connectivity index (χ1n) is 8.94. The van der Waals surface area contributed by atoms with Gasteiger partial charge in [0.15, 0.2) is 0 Å². The lowest BCUT2D eigenvalue weighted by molar-refractivity contribution is -0.0903. The third-order valence-electron chi connectivity index (χ3n) is 7.22. The molecule has 0 spiro atoms. The largest absolute Gasteiger partial charge is 0.497 e. The summed E-state index contributed by atoms with van der Waals surface area (Å²) in [7, 11) is 1.72. The first kappa shape index (κ1) is 15.5. The Labute approximate surface area is 138 Å². The highest BCUT2D eigenvalue weighted by Gasteiger charge is 2.61. The normalized spacial score (nSPS) is 45.1. The Hall–Kier alpha value is -1.06. The van der Waals surface area contributed by atoms with Crippen LogP contribution in [0.4, 0.5) is 0 Å². The maximum Gasteiger partial charge on any atom is 0.119 e. The summed E-state index contributed by atoms with van der Waals surface area (Å²) in [6.45, 7) is 4.02. The van der Waals surface area contributed by atoms with Crippen molar-refractivity contribution in [1.82, 2.24) is 0 Å². The molecule has 1 aromatic carbocycles. The molecule has 1 aromatic rings. The highest BCUT2D eigenvalue weighted by Crippen LogP contribution is 2.63. The molecule has 3 nitrogen and oxygen atoms in total. The van der Waals surface area contributed by atoms with Gasteiger partial charge in [0.25, 0.3) is 0 Å². The molecule has 0 heterocycles. The summed E-state index contributed by atoms with van der Waals surface area (Å²) >= 11 is 0. The molecule has 23 heavy (non-hydrogen) atoms. The van der Waals surface area contributed by atoms with Crippen LogP contribution in [0.15, 0.2) is 18.2 Å². The molecule has 0 aromatic heterocycles. The summed E-state index contributed by atoms with van der Waals surface area (Å²) in [6, 6.07) is 6.52. The molecule has 3 heteroatoms. The lowest BCUT2D eigenvalue weighted by Gasteiger charge is -2.50. The Balaban J connectivity index is 1.70. The van der Waals surface area contributed by atoms with Gasteiger partial charge in [-0.3, -0.25) is 0 Å². The molecular weight excluding hydrogens is 288 g/mol. The van der Waals surface area contributed by atoms with Crippen LogP contribution >= 0.6 is 0 Å². The van der Waals surface area contributed by atoms with E-state index in [0.29, 0.717) is 17.8 Å². The van der Waals surface area contributed by atoms with E-state index in [9.17, 15) is 10.2 Å². The zero-order valence-corrected chi connectivity index (χ0v) is 14.4. The van der Waals surface area contributed by atoms with Gasteiger partial charge in [-0.1, -0.05) is 13.0 Å². The average molecular weight is 316 g/mol. The van der Waals surface area contributed by atoms with E-state index in [1.807, 2.05) is 6.92 Å². The van der Waals surface area contributed by atoms with Gasteiger partial charge < -0.3 is 14.9 Å². The second-order valence-electron chi connectivity index (χ2n) is 8.49. The minimum absolute atomic E-state index is 0.130. The van der Waals surface area contributed by atoms with Crippen LogP contribution in [0.2, 0.25) is 0 Å². The van der Waals surface area contributed by atoms with Crippen molar-refractivity contribution in [3.05, 3.63) is 29.3 Å². The third kappa shape index (κ3) is 2.09. The van der Waals surface area contributed by atoms with E-state index < -0.39 is 11.7 Å². The lowest BCUT2D eigenvalue weighted by atomic mass is 9.55. The first-order valence-corrected chi connectivity index (χ1v) is 8.94. The molecule has 2 N–H and O–H groups in total. The first-order chi connectivity index (χ1) is 10.9. The number of aryl methyl sites for hydroxylation is 1. The van der Waals surface area contributed by atoms with Crippen LogP contribution in [0.1, 0.15) is 56.6 Å². The summed E-state index contributed by atoms with van der Waals surface area (Å²) in [4.78, 5) is 0. The topological polar surface area (TPSA) is 49.7 Å². The number of benzene rings is 1. The van der Waals surface area contributed by atoms with Crippen LogP contribution in [0, 0.1) is 17.3 Å². The van der Waals surface area contributed by atoms with Crippen molar-refractivity contribution in [3.8, 4) is 5.75 Å². The predicted molar refractivity (Wildman–Crippen MR) is 89.6 cm³/mol. The second kappa shape index (κ2) is 4.97. The Morgan fingerprint density at radius 3 is 2.74 bits per heavy atom. The molecule has 0 bridgehead atoms. The number of ether oxygens (including phenoxy) is 1. The van der Waals surface area contributed by atoms with Crippen LogP contribution in [0.5, 0.6) is 5.75 Å². The van der Waals surface area contributed by atoms with Crippen LogP contribution in [0.25, 0.3) is 0 Å². The molecule has 3 aliphatic carbocycles. The van der Waals surface area contributed by atoms with E-state index in [2.05, 4.69) is 25.1 Å². The van der Waals surface area contributed by atoms with Crippen LogP contribution in [-0.4, -0.2) is 29.0 Å². The van der Waals surface area contributed by atoms with Crippen molar-refractivity contribution >= 4 is 0 Å². The van der Waals surface area contributed by atoms with Crippen molar-refractivity contribution < 1.29 is 14.9 Å². The molecule has 4 rings (SSSR count). The maximum absolute atomic E-state index is 10.7. The maximum atomic E-state index is 10.7. The number of aliphatic hydroxyl groups excluding tert-OH is 1. The fourth-order valence-corrected chi connectivity index (χ4v) is 6.02. The van der Waals surface area contributed by atoms with E-state index >= 15 is 0 Å². The Kier molecular flexibility index (Phi) is 3.34. The standard InChI is InChI=1S/C20H28O3/c1-19-9-8-15-14-7-5-13(23-3)10-12(14)4-6-16(15)17(19)11-20(2,22)18(19)21/h5,7,10,15-18,21-22H,4,6,8-9,11H2,1-3H3/t15?,16?,17?,18-,19?,20+/m1/s1. The molecule has 3 aliphatic rings. The number of hydrogen-bond acceptors (Lipinski definition) is 3. The highest BCUT2D eigenvalue weighted by molar-refractivity contribution is 5.40. The summed E-state index contributed by atoms with van der Waals surface area (Å²) in [5.41, 5.74) is 1.84. The fourth-order valence-electron chi connectivity index (χ4n) is 6.02. The van der Waals surface area contributed by atoms with E-state index in [-0.39, 0.29) is 5.41 Å². The smallest absolute Gasteiger partial charge is 0.119 e. The van der Waals surface area contributed by atoms with E-state index in [4.69, 9.17) is 4.74 Å². The summed E-state index contributed by atoms with van der Waals surface area (Å²) in [5, 5.41) is 21.3. The van der Waals surface area contributed by atoms with E-state index in [1.54, 1.807) is 7.11 Å². The molecule has 0 saturated heterocycles. The summed E-state index contributed by atoms with van der Waals surface area (Å²) in [5.74, 6) is 2.52. The molecule has 0 amide bonds. The predicted octanol–water partition coefficient (Wildman–Crippen LogP) is 3.27. The van der Waals surface area contributed by atoms with Crippen molar-refractivity contribution in [3.63, 3.8) is 0 Å². The van der Waals surface area contributed by atoms with Crippen LogP contribution < -0.4 is 4.74 Å². The lowest BCUT2D eigenvalue weighted by Crippen LogP contribution is -2.46. The number of hydrogen-bond donors (Lipinski definition) is 2. The van der Waals surface area contributed by atoms with Gasteiger partial charge in [0.2, 0.25) is 0 Å². The zero-order valence-electron chi connectivity index (χ0n) is 14.4. The van der Waals surface area contributed by atoms with Gasteiger partial charge >= 0.3 is 0 Å². The van der Waals surface area contributed by atoms with Gasteiger partial charge in [-0.05, 0) is 85.5 Å². The quantitative estimate of drug-likeness (QED) is 0.836. The molecule has 2 saturated carbocycles. The highest BCUT2D eigenvalue weighted by atomic mass is 16.5. The van der Waals surface area contributed by atoms with Crippen LogP contribution in [-0.2, 0) is 6.42 Å². The Morgan fingerprint density at radius 2 is 2.00 bits per heavy atom. The molecule has 6 atom stereocenters. The molecule has 2 fully saturated rings.